The zero-order chi connectivity index (χ0) is 33.0. The minimum Gasteiger partial charge on any atom is -0.456 e. The first-order valence-electron chi connectivity index (χ1n) is 16.9. The molecule has 0 aliphatic carbocycles. The van der Waals surface area contributed by atoms with Crippen molar-refractivity contribution < 1.29 is 4.42 Å². The Morgan fingerprint density at radius 2 is 1.08 bits per heavy atom. The molecule has 1 aliphatic heterocycles. The molecule has 7 aromatic carbocycles. The third-order valence-electron chi connectivity index (χ3n) is 9.66. The maximum Gasteiger partial charge on any atom is 0.170 e. The molecule has 0 spiro atoms. The van der Waals surface area contributed by atoms with Crippen LogP contribution in [0.2, 0.25) is 0 Å². The molecule has 0 unspecified atom stereocenters. The van der Waals surface area contributed by atoms with Crippen LogP contribution in [0.25, 0.3) is 60.6 Å². The summed E-state index contributed by atoms with van der Waals surface area (Å²) in [5.41, 5.74) is 10.4. The minimum absolute atomic E-state index is 0.465. The number of nitrogens with zero attached hydrogens (tertiary/aromatic N) is 3. The predicted octanol–water partition coefficient (Wildman–Crippen LogP) is 10.8. The molecule has 0 saturated carbocycles. The summed E-state index contributed by atoms with van der Waals surface area (Å²) in [7, 11) is 0. The molecule has 10 rings (SSSR count). The number of amidine groups is 2. The van der Waals surface area contributed by atoms with Crippen molar-refractivity contribution in [2.24, 2.45) is 9.98 Å². The van der Waals surface area contributed by atoms with Crippen molar-refractivity contribution in [2.45, 2.75) is 6.17 Å². The van der Waals surface area contributed by atoms with Gasteiger partial charge in [0.15, 0.2) is 6.17 Å². The van der Waals surface area contributed by atoms with Gasteiger partial charge >= 0.3 is 0 Å². The summed E-state index contributed by atoms with van der Waals surface area (Å²) >= 11 is 0. The summed E-state index contributed by atoms with van der Waals surface area (Å²) in [4.78, 5) is 10.4. The average Bonchev–Trinajstić information content (AvgIpc) is 3.74. The Morgan fingerprint density at radius 3 is 1.82 bits per heavy atom. The largest absolute Gasteiger partial charge is 0.456 e. The maximum absolute atomic E-state index is 6.47. The third kappa shape index (κ3) is 4.63. The van der Waals surface area contributed by atoms with Crippen molar-refractivity contribution in [3.63, 3.8) is 0 Å². The van der Waals surface area contributed by atoms with Gasteiger partial charge in [-0.25, -0.2) is 9.98 Å². The monoisotopic (exact) mass is 642 g/mol. The lowest BCUT2D eigenvalue weighted by Gasteiger charge is -2.22. The standard InChI is InChI=1S/C45H30N4O/c1-4-13-29(14-5-1)43-46-44(30-15-6-2-7-16-30)48-45(47-43)36-20-12-22-41-42(36)37-27-31(24-26-40(37)50-41)32-23-25-35-34-19-10-11-21-38(34)49(39(35)28-32)33-17-8-3-9-18-33/h1-28,45H,(H,46,47,48). The number of benzene rings is 7. The summed E-state index contributed by atoms with van der Waals surface area (Å²) in [6.45, 7) is 0. The Kier molecular flexibility index (Phi) is 6.49. The van der Waals surface area contributed by atoms with Gasteiger partial charge in [0.25, 0.3) is 0 Å². The van der Waals surface area contributed by atoms with Crippen LogP contribution >= 0.6 is 0 Å². The van der Waals surface area contributed by atoms with E-state index in [4.69, 9.17) is 14.4 Å². The molecule has 0 amide bonds. The number of furan rings is 1. The Bertz CT molecular complexity index is 2720. The molecule has 236 valence electrons. The zero-order valence-corrected chi connectivity index (χ0v) is 27.0. The van der Waals surface area contributed by atoms with Crippen LogP contribution in [0.15, 0.2) is 184 Å². The third-order valence-corrected chi connectivity index (χ3v) is 9.66. The van der Waals surface area contributed by atoms with Crippen LogP contribution in [-0.2, 0) is 0 Å². The maximum atomic E-state index is 6.47. The highest BCUT2D eigenvalue weighted by atomic mass is 16.3. The Labute approximate surface area is 288 Å². The molecule has 0 bridgehead atoms. The number of aromatic nitrogens is 1. The highest BCUT2D eigenvalue weighted by Crippen LogP contribution is 2.40. The SMILES string of the molecule is c1ccc(C2=NC(c3cccc4oc5ccc(-c6ccc7c8ccccc8n(-c8ccccc8)c7c6)cc5c34)N=C(c3ccccc3)N2)cc1. The topological polar surface area (TPSA) is 54.8 Å². The number of fused-ring (bicyclic) bond motifs is 6. The van der Waals surface area contributed by atoms with Gasteiger partial charge in [0.2, 0.25) is 0 Å². The highest BCUT2D eigenvalue weighted by Gasteiger charge is 2.24. The summed E-state index contributed by atoms with van der Waals surface area (Å²) in [5.74, 6) is 1.58. The first-order valence-corrected chi connectivity index (χ1v) is 16.9. The lowest BCUT2D eigenvalue weighted by atomic mass is 9.99. The Hall–Kier alpha value is -6.72. The number of hydrogen-bond donors (Lipinski definition) is 1. The summed E-state index contributed by atoms with van der Waals surface area (Å²) in [6, 6.07) is 59.2. The normalized spacial score (nSPS) is 13.5. The van der Waals surface area contributed by atoms with Gasteiger partial charge in [-0.15, -0.1) is 0 Å². The fourth-order valence-electron chi connectivity index (χ4n) is 7.33. The Morgan fingerprint density at radius 1 is 0.460 bits per heavy atom. The molecule has 9 aromatic rings. The van der Waals surface area contributed by atoms with Crippen molar-refractivity contribution in [1.29, 1.82) is 0 Å². The van der Waals surface area contributed by atoms with E-state index in [0.29, 0.717) is 0 Å². The van der Waals surface area contributed by atoms with Gasteiger partial charge in [0, 0.05) is 43.9 Å². The van der Waals surface area contributed by atoms with Crippen molar-refractivity contribution in [3.05, 3.63) is 187 Å². The molecule has 0 atom stereocenters. The van der Waals surface area contributed by atoms with Crippen molar-refractivity contribution in [3.8, 4) is 16.8 Å². The summed E-state index contributed by atoms with van der Waals surface area (Å²) in [6.07, 6.45) is -0.465. The molecule has 1 aliphatic rings. The molecule has 0 fully saturated rings. The van der Waals surface area contributed by atoms with Crippen LogP contribution in [0.5, 0.6) is 0 Å². The van der Waals surface area contributed by atoms with Crippen molar-refractivity contribution in [1.82, 2.24) is 9.88 Å². The van der Waals surface area contributed by atoms with Crippen LogP contribution < -0.4 is 5.32 Å². The first kappa shape index (κ1) is 28.3. The number of para-hydroxylation sites is 2. The van der Waals surface area contributed by atoms with Gasteiger partial charge in [0.1, 0.15) is 22.8 Å². The quantitative estimate of drug-likeness (QED) is 0.203. The summed E-state index contributed by atoms with van der Waals surface area (Å²) in [5, 5.41) is 8.06. The van der Waals surface area contributed by atoms with E-state index in [1.807, 2.05) is 48.5 Å². The average molecular weight is 643 g/mol. The number of aliphatic imine (C=N–C) groups is 2. The van der Waals surface area contributed by atoms with E-state index in [1.165, 1.54) is 21.8 Å². The number of hydrogen-bond acceptors (Lipinski definition) is 4. The second-order valence-electron chi connectivity index (χ2n) is 12.6. The molecule has 50 heavy (non-hydrogen) atoms. The Balaban J connectivity index is 1.15. The van der Waals surface area contributed by atoms with Crippen LogP contribution in [0.3, 0.4) is 0 Å². The molecule has 0 saturated heterocycles. The van der Waals surface area contributed by atoms with Gasteiger partial charge in [-0.1, -0.05) is 127 Å². The molecule has 0 radical (unpaired) electrons. The van der Waals surface area contributed by atoms with Crippen molar-refractivity contribution in [2.75, 3.05) is 0 Å². The predicted molar refractivity (Wildman–Crippen MR) is 205 cm³/mol. The second kappa shape index (κ2) is 11.5. The lowest BCUT2D eigenvalue weighted by molar-refractivity contribution is 0.667. The zero-order valence-electron chi connectivity index (χ0n) is 27.0. The molecule has 1 N–H and O–H groups in total. The van der Waals surface area contributed by atoms with Crippen LogP contribution in [0.4, 0.5) is 0 Å². The van der Waals surface area contributed by atoms with Gasteiger partial charge in [-0.2, -0.15) is 0 Å². The smallest absolute Gasteiger partial charge is 0.170 e. The van der Waals surface area contributed by atoms with Crippen LogP contribution in [0.1, 0.15) is 22.9 Å². The molecular formula is C45H30N4O. The molecule has 3 heterocycles. The van der Waals surface area contributed by atoms with Crippen LogP contribution in [0, 0.1) is 0 Å². The molecule has 5 nitrogen and oxygen atoms in total. The first-order chi connectivity index (χ1) is 24.8. The second-order valence-corrected chi connectivity index (χ2v) is 12.6. The van der Waals surface area contributed by atoms with E-state index in [1.54, 1.807) is 0 Å². The molecule has 2 aromatic heterocycles. The van der Waals surface area contributed by atoms with E-state index < -0.39 is 6.17 Å². The number of nitrogens with one attached hydrogen (secondary N) is 1. The van der Waals surface area contributed by atoms with Gasteiger partial charge < -0.3 is 14.3 Å². The van der Waals surface area contributed by atoms with E-state index in [2.05, 4.69) is 131 Å². The van der Waals surface area contributed by atoms with Crippen LogP contribution in [-0.4, -0.2) is 16.2 Å². The van der Waals surface area contributed by atoms with E-state index in [9.17, 15) is 0 Å². The minimum atomic E-state index is -0.465. The van der Waals surface area contributed by atoms with E-state index >= 15 is 0 Å². The molecular weight excluding hydrogens is 613 g/mol. The fourth-order valence-corrected chi connectivity index (χ4v) is 7.33. The number of rotatable bonds is 5. The fraction of sp³-hybridized carbons (Fsp3) is 0.0222. The van der Waals surface area contributed by atoms with Crippen molar-refractivity contribution >= 4 is 55.4 Å². The highest BCUT2D eigenvalue weighted by molar-refractivity contribution is 6.16. The van der Waals surface area contributed by atoms with E-state index in [0.717, 1.165) is 67.1 Å². The van der Waals surface area contributed by atoms with Gasteiger partial charge in [-0.3, -0.25) is 0 Å². The van der Waals surface area contributed by atoms with Gasteiger partial charge in [-0.05, 0) is 53.6 Å². The van der Waals surface area contributed by atoms with E-state index in [-0.39, 0.29) is 0 Å². The lowest BCUT2D eigenvalue weighted by Crippen LogP contribution is -2.36. The van der Waals surface area contributed by atoms with Gasteiger partial charge in [0.05, 0.1) is 11.0 Å². The summed E-state index contributed by atoms with van der Waals surface area (Å²) < 4.78 is 8.83. The molecule has 5 heteroatoms.